The molecular weight excluding hydrogens is 714 g/mol. The zero-order valence-electron chi connectivity index (χ0n) is 31.2. The van der Waals surface area contributed by atoms with Crippen LogP contribution in [0.1, 0.15) is 35.5 Å². The number of piperazine rings is 1. The number of benzene rings is 2. The van der Waals surface area contributed by atoms with Gasteiger partial charge >= 0.3 is 0 Å². The maximum Gasteiger partial charge on any atom is 0.250 e. The minimum atomic E-state index is -3.28. The molecule has 0 saturated carbocycles. The molecule has 1 aliphatic rings. The number of methoxy groups -OCH3 is 3. The quantitative estimate of drug-likeness (QED) is 0.155. The Morgan fingerprint density at radius 1 is 0.833 bits per heavy atom. The number of anilines is 3. The largest absolute Gasteiger partial charge is 0.497 e. The summed E-state index contributed by atoms with van der Waals surface area (Å²) in [6.45, 7) is 6.74. The van der Waals surface area contributed by atoms with E-state index in [1.54, 1.807) is 20.4 Å². The highest BCUT2D eigenvalue weighted by Crippen LogP contribution is 2.33. The molecule has 4 heterocycles. The van der Waals surface area contributed by atoms with Crippen molar-refractivity contribution in [3.63, 3.8) is 0 Å². The van der Waals surface area contributed by atoms with Crippen LogP contribution in [0.3, 0.4) is 0 Å². The van der Waals surface area contributed by atoms with E-state index >= 15 is 0 Å². The molecule has 3 aromatic heterocycles. The Kier molecular flexibility index (Phi) is 11.8. The first-order chi connectivity index (χ1) is 25.9. The van der Waals surface area contributed by atoms with Crippen LogP contribution in [-0.4, -0.2) is 96.3 Å². The summed E-state index contributed by atoms with van der Waals surface area (Å²) in [4.78, 5) is 27.8. The molecule has 1 atom stereocenters. The summed E-state index contributed by atoms with van der Waals surface area (Å²) in [6.07, 6.45) is 4.44. The minimum absolute atomic E-state index is 0.115. The van der Waals surface area contributed by atoms with Crippen LogP contribution in [-0.2, 0) is 23.1 Å². The van der Waals surface area contributed by atoms with Crippen LogP contribution < -0.4 is 24.4 Å². The van der Waals surface area contributed by atoms with Gasteiger partial charge in [-0.2, -0.15) is 14.3 Å². The highest BCUT2D eigenvalue weighted by molar-refractivity contribution is 7.88. The van der Waals surface area contributed by atoms with Crippen LogP contribution in [0.4, 0.5) is 21.8 Å². The van der Waals surface area contributed by atoms with Crippen molar-refractivity contribution in [3.8, 4) is 28.8 Å². The van der Waals surface area contributed by atoms with E-state index in [2.05, 4.69) is 27.0 Å². The molecule has 1 fully saturated rings. The molecule has 1 aliphatic heterocycles. The van der Waals surface area contributed by atoms with Crippen molar-refractivity contribution in [2.45, 2.75) is 33.0 Å². The maximum absolute atomic E-state index is 14.7. The molecule has 1 saturated heterocycles. The van der Waals surface area contributed by atoms with Gasteiger partial charge in [0.1, 0.15) is 23.1 Å². The lowest BCUT2D eigenvalue weighted by Crippen LogP contribution is -2.48. The summed E-state index contributed by atoms with van der Waals surface area (Å²) in [5, 5.41) is 3.21. The van der Waals surface area contributed by atoms with Gasteiger partial charge in [0, 0.05) is 57.6 Å². The van der Waals surface area contributed by atoms with Gasteiger partial charge in [-0.25, -0.2) is 27.8 Å². The lowest BCUT2D eigenvalue weighted by Gasteiger charge is -2.37. The van der Waals surface area contributed by atoms with Crippen molar-refractivity contribution in [2.75, 3.05) is 64.0 Å². The molecule has 0 radical (unpaired) electrons. The fourth-order valence-electron chi connectivity index (χ4n) is 6.22. The zero-order chi connectivity index (χ0) is 38.4. The van der Waals surface area contributed by atoms with Crippen molar-refractivity contribution < 1.29 is 27.0 Å². The number of hydrogen-bond donors (Lipinski definition) is 1. The monoisotopic (exact) mass is 757 g/mol. The molecule has 0 spiro atoms. The van der Waals surface area contributed by atoms with Crippen LogP contribution in [0.25, 0.3) is 11.4 Å². The van der Waals surface area contributed by atoms with E-state index in [-0.39, 0.29) is 11.9 Å². The Hall–Kier alpha value is -5.45. The summed E-state index contributed by atoms with van der Waals surface area (Å²) in [7, 11) is 1.34. The molecule has 0 amide bonds. The van der Waals surface area contributed by atoms with Gasteiger partial charge in [0.15, 0.2) is 11.6 Å². The summed E-state index contributed by atoms with van der Waals surface area (Å²) in [5.41, 5.74) is 3.83. The van der Waals surface area contributed by atoms with E-state index in [4.69, 9.17) is 34.1 Å². The Morgan fingerprint density at radius 3 is 1.98 bits per heavy atom. The van der Waals surface area contributed by atoms with Gasteiger partial charge < -0.3 is 24.4 Å². The predicted octanol–water partition coefficient (Wildman–Crippen LogP) is 5.39. The second kappa shape index (κ2) is 16.7. The van der Waals surface area contributed by atoms with E-state index in [1.807, 2.05) is 61.5 Å². The number of aromatic nitrogens is 5. The number of halogens is 1. The molecule has 2 aromatic carbocycles. The topological polar surface area (TPSA) is 148 Å². The second-order valence-electron chi connectivity index (χ2n) is 12.9. The molecule has 14 nitrogen and oxygen atoms in total. The lowest BCUT2D eigenvalue weighted by molar-refractivity contribution is 0.146. The maximum atomic E-state index is 14.7. The van der Waals surface area contributed by atoms with Crippen molar-refractivity contribution in [1.82, 2.24) is 34.1 Å². The molecule has 1 N–H and O–H groups in total. The average Bonchev–Trinajstić information content (AvgIpc) is 3.17. The van der Waals surface area contributed by atoms with Gasteiger partial charge in [0.25, 0.3) is 0 Å². The third-order valence-corrected chi connectivity index (χ3v) is 10.6. The van der Waals surface area contributed by atoms with E-state index in [0.29, 0.717) is 73.9 Å². The number of nitrogens with one attached hydrogen (secondary N) is 1. The Bertz CT molecular complexity index is 2120. The van der Waals surface area contributed by atoms with Crippen LogP contribution in [0, 0.1) is 12.7 Å². The van der Waals surface area contributed by atoms with Crippen molar-refractivity contribution in [2.24, 2.45) is 0 Å². The number of nitrogens with zero attached hydrogens (tertiary/aromatic N) is 8. The third-order valence-electron chi connectivity index (χ3n) is 9.27. The van der Waals surface area contributed by atoms with Gasteiger partial charge in [-0.15, -0.1) is 0 Å². The molecule has 5 aromatic rings. The molecule has 0 bridgehead atoms. The summed E-state index contributed by atoms with van der Waals surface area (Å²) < 4.78 is 56.3. The van der Waals surface area contributed by atoms with E-state index in [0.717, 1.165) is 28.2 Å². The molecule has 16 heteroatoms. The van der Waals surface area contributed by atoms with E-state index < -0.39 is 15.8 Å². The number of sulfonamides is 1. The van der Waals surface area contributed by atoms with Gasteiger partial charge in [-0.05, 0) is 60.9 Å². The van der Waals surface area contributed by atoms with Crippen LogP contribution in [0.2, 0.25) is 0 Å². The highest BCUT2D eigenvalue weighted by atomic mass is 32.2. The van der Waals surface area contributed by atoms with Crippen LogP contribution in [0.15, 0.2) is 73.1 Å². The molecule has 284 valence electrons. The fourth-order valence-corrected chi connectivity index (χ4v) is 7.05. The lowest BCUT2D eigenvalue weighted by atomic mass is 10.1. The molecule has 0 unspecified atom stereocenters. The van der Waals surface area contributed by atoms with Crippen LogP contribution in [0.5, 0.6) is 17.4 Å². The van der Waals surface area contributed by atoms with Gasteiger partial charge in [0.05, 0.1) is 45.0 Å². The first kappa shape index (κ1) is 38.3. The molecule has 0 aliphatic carbocycles. The van der Waals surface area contributed by atoms with Crippen LogP contribution >= 0.6 is 0 Å². The second-order valence-corrected chi connectivity index (χ2v) is 14.9. The number of pyridine rings is 2. The zero-order valence-corrected chi connectivity index (χ0v) is 32.0. The summed E-state index contributed by atoms with van der Waals surface area (Å²) in [6, 6.07) is 18.8. The molecular formula is C38H44FN9O5S. The summed E-state index contributed by atoms with van der Waals surface area (Å²) in [5.74, 6) is 2.43. The minimum Gasteiger partial charge on any atom is -0.497 e. The number of aryl methyl sites for hydroxylation is 1. The number of hydrogen-bond acceptors (Lipinski definition) is 13. The fraction of sp³-hybridized carbons (Fsp3) is 0.342. The van der Waals surface area contributed by atoms with Crippen molar-refractivity contribution >= 4 is 27.5 Å². The first-order valence-corrected chi connectivity index (χ1v) is 19.2. The van der Waals surface area contributed by atoms with Crippen molar-refractivity contribution in [1.29, 1.82) is 0 Å². The average molecular weight is 758 g/mol. The van der Waals surface area contributed by atoms with E-state index in [1.165, 1.54) is 29.9 Å². The Balaban J connectivity index is 1.40. The first-order valence-electron chi connectivity index (χ1n) is 17.3. The van der Waals surface area contributed by atoms with Gasteiger partial charge in [0.2, 0.25) is 21.9 Å². The highest BCUT2D eigenvalue weighted by Gasteiger charge is 2.28. The molecule has 6 rings (SSSR count). The summed E-state index contributed by atoms with van der Waals surface area (Å²) >= 11 is 0. The standard InChI is InChI=1S/C38H44FN9O5S/c1-25(46-15-17-48(18-16-46)54(6,49)50)29-19-33(35(40-21-29)44-30-20-34(39)37(53-5)41-22-30)36-42-26(2)43-38(45-36)47(23-27-7-11-31(51-3)12-8-27)24-28-9-13-32(52-4)14-10-28/h7-14,19-22,25H,15-18,23-24H2,1-6H3,(H,40,44)/t25-/m1/s1. The SMILES string of the molecule is COc1ccc(CN(Cc2ccc(OC)cc2)c2nc(C)nc(-c3cc([C@@H](C)N4CCN(S(C)(=O)=O)CC4)cnc3Nc3cnc(OC)c(F)c3)n2)cc1. The number of rotatable bonds is 14. The third kappa shape index (κ3) is 9.18. The van der Waals surface area contributed by atoms with Gasteiger partial charge in [-0.1, -0.05) is 24.3 Å². The smallest absolute Gasteiger partial charge is 0.250 e. The predicted molar refractivity (Wildman–Crippen MR) is 204 cm³/mol. The van der Waals surface area contributed by atoms with E-state index in [9.17, 15) is 12.8 Å². The molecule has 54 heavy (non-hydrogen) atoms. The number of ether oxygens (including phenoxy) is 3. The van der Waals surface area contributed by atoms with Gasteiger partial charge in [-0.3, -0.25) is 4.90 Å². The normalized spacial score (nSPS) is 14.4. The Morgan fingerprint density at radius 2 is 1.44 bits per heavy atom. The Labute approximate surface area is 315 Å². The van der Waals surface area contributed by atoms with Crippen molar-refractivity contribution in [3.05, 3.63) is 101 Å².